The maximum atomic E-state index is 12.5. The molecule has 1 aromatic rings. The summed E-state index contributed by atoms with van der Waals surface area (Å²) in [5.41, 5.74) is 3.22. The van der Waals surface area contributed by atoms with Gasteiger partial charge in [0.15, 0.2) is 0 Å². The van der Waals surface area contributed by atoms with Gasteiger partial charge in [0, 0.05) is 42.3 Å². The largest absolute Gasteiger partial charge is 0.496 e. The fraction of sp³-hybridized carbons (Fsp3) is 0.542. The van der Waals surface area contributed by atoms with Crippen molar-refractivity contribution in [1.29, 1.82) is 0 Å². The van der Waals surface area contributed by atoms with Crippen LogP contribution in [0.4, 0.5) is 5.69 Å². The summed E-state index contributed by atoms with van der Waals surface area (Å²) in [5.74, 6) is 0.857. The smallest absolute Gasteiger partial charge is 0.341 e. The van der Waals surface area contributed by atoms with Gasteiger partial charge < -0.3 is 19.5 Å². The number of alkyl halides is 3. The van der Waals surface area contributed by atoms with Crippen molar-refractivity contribution in [2.75, 3.05) is 43.8 Å². The molecule has 1 aromatic carbocycles. The Morgan fingerprint density at radius 3 is 2.67 bits per heavy atom. The molecule has 36 heavy (non-hydrogen) atoms. The van der Waals surface area contributed by atoms with E-state index in [1.54, 1.807) is 0 Å². The van der Waals surface area contributed by atoms with Gasteiger partial charge in [-0.15, -0.1) is 11.8 Å². The number of rotatable bonds is 10. The van der Waals surface area contributed by atoms with Crippen molar-refractivity contribution in [1.82, 2.24) is 4.90 Å². The first-order valence-corrected chi connectivity index (χ1v) is 13.7. The zero-order valence-electron chi connectivity index (χ0n) is 20.4. The van der Waals surface area contributed by atoms with Gasteiger partial charge in [0.2, 0.25) is 0 Å². The quantitative estimate of drug-likeness (QED) is 0.240. The maximum absolute atomic E-state index is 12.5. The van der Waals surface area contributed by atoms with Gasteiger partial charge in [0.25, 0.3) is 9.70 Å². The predicted molar refractivity (Wildman–Crippen MR) is 142 cm³/mol. The van der Waals surface area contributed by atoms with Crippen LogP contribution in [-0.4, -0.2) is 65.0 Å². The van der Waals surface area contributed by atoms with Crippen molar-refractivity contribution >= 4 is 70.1 Å². The zero-order valence-corrected chi connectivity index (χ0v) is 23.5. The lowest BCUT2D eigenvalue weighted by atomic mass is 9.93. The van der Waals surface area contributed by atoms with Crippen LogP contribution in [0.2, 0.25) is 0 Å². The number of allylic oxidation sites excluding steroid dienone is 2. The number of carbonyl (C=O) groups excluding carboxylic acids is 3. The number of nitrogens with one attached hydrogen (secondary N) is 1. The van der Waals surface area contributed by atoms with Crippen LogP contribution >= 0.6 is 46.6 Å². The first-order valence-electron chi connectivity index (χ1n) is 11.4. The molecule has 2 heterocycles. The number of nitrogens with zero attached hydrogens (tertiary/aromatic N) is 1. The van der Waals surface area contributed by atoms with E-state index < -0.39 is 15.7 Å². The molecule has 1 saturated heterocycles. The van der Waals surface area contributed by atoms with Crippen LogP contribution in [0, 0.1) is 6.92 Å². The van der Waals surface area contributed by atoms with Crippen LogP contribution in [0.5, 0.6) is 5.75 Å². The standard InChI is InChI=1S/C24H29Cl3N2O6S/c1-14(5-7-18(30)34-10-8-29-9-11-36-13-29)4-6-16-20(28-23(32)24(25,26)27)19-17(12-35-22(19)31)15(2)21(16)33-3/h4H,5-13H2,1-3H3,(H,28,32)/b14-4+. The van der Waals surface area contributed by atoms with Gasteiger partial charge in [-0.05, 0) is 32.3 Å². The molecular formula is C24H29Cl3N2O6S. The van der Waals surface area contributed by atoms with Gasteiger partial charge in [-0.25, -0.2) is 4.79 Å². The summed E-state index contributed by atoms with van der Waals surface area (Å²) in [5, 5.41) is 2.58. The number of benzene rings is 1. The predicted octanol–water partition coefficient (Wildman–Crippen LogP) is 4.80. The number of thioether (sulfide) groups is 1. The molecule has 12 heteroatoms. The third-order valence-corrected chi connectivity index (χ3v) is 7.58. The first kappa shape index (κ1) is 28.9. The number of anilines is 1. The number of methoxy groups -OCH3 is 1. The lowest BCUT2D eigenvalue weighted by molar-refractivity contribution is -0.143. The average Bonchev–Trinajstić information content (AvgIpc) is 3.47. The van der Waals surface area contributed by atoms with Crippen LogP contribution < -0.4 is 10.1 Å². The second-order valence-electron chi connectivity index (χ2n) is 8.52. The van der Waals surface area contributed by atoms with Crippen LogP contribution in [0.3, 0.4) is 0 Å². The van der Waals surface area contributed by atoms with E-state index in [1.165, 1.54) is 7.11 Å². The topological polar surface area (TPSA) is 94.2 Å². The summed E-state index contributed by atoms with van der Waals surface area (Å²) >= 11 is 19.2. The molecule has 1 N–H and O–H groups in total. The van der Waals surface area contributed by atoms with E-state index >= 15 is 0 Å². The Balaban J connectivity index is 1.74. The lowest BCUT2D eigenvalue weighted by Gasteiger charge is -2.21. The summed E-state index contributed by atoms with van der Waals surface area (Å²) in [7, 11) is 1.50. The fourth-order valence-electron chi connectivity index (χ4n) is 4.04. The second kappa shape index (κ2) is 12.7. The molecule has 0 unspecified atom stereocenters. The Morgan fingerprint density at radius 1 is 1.28 bits per heavy atom. The van der Waals surface area contributed by atoms with E-state index in [2.05, 4.69) is 10.2 Å². The Morgan fingerprint density at radius 2 is 2.03 bits per heavy atom. The van der Waals surface area contributed by atoms with E-state index in [0.29, 0.717) is 36.3 Å². The summed E-state index contributed by atoms with van der Waals surface area (Å²) in [6.07, 6.45) is 2.96. The molecule has 1 amide bonds. The van der Waals surface area contributed by atoms with E-state index in [0.717, 1.165) is 35.9 Å². The van der Waals surface area contributed by atoms with Crippen LogP contribution in [-0.2, 0) is 32.1 Å². The van der Waals surface area contributed by atoms with Gasteiger partial charge in [-0.1, -0.05) is 46.5 Å². The third kappa shape index (κ3) is 7.22. The molecule has 0 saturated carbocycles. The highest BCUT2D eigenvalue weighted by molar-refractivity contribution is 7.99. The van der Waals surface area contributed by atoms with Gasteiger partial charge in [0.05, 0.1) is 18.4 Å². The van der Waals surface area contributed by atoms with E-state index in [4.69, 9.17) is 49.0 Å². The monoisotopic (exact) mass is 578 g/mol. The molecule has 0 aromatic heterocycles. The minimum Gasteiger partial charge on any atom is -0.496 e. The van der Waals surface area contributed by atoms with Crippen LogP contribution in [0.25, 0.3) is 0 Å². The molecular weight excluding hydrogens is 551 g/mol. The number of carbonyl (C=O) groups is 3. The fourth-order valence-corrected chi connectivity index (χ4v) is 5.22. The number of esters is 2. The highest BCUT2D eigenvalue weighted by Gasteiger charge is 2.36. The molecule has 2 aliphatic rings. The molecule has 0 aliphatic carbocycles. The number of hydrogen-bond donors (Lipinski definition) is 1. The highest BCUT2D eigenvalue weighted by Crippen LogP contribution is 2.42. The number of amides is 1. The van der Waals surface area contributed by atoms with Crippen LogP contribution in [0.1, 0.15) is 46.8 Å². The minimum atomic E-state index is -2.23. The second-order valence-corrected chi connectivity index (χ2v) is 11.9. The molecule has 1 fully saturated rings. The molecule has 0 radical (unpaired) electrons. The third-order valence-electron chi connectivity index (χ3n) is 6.05. The Hall–Kier alpha value is -1.65. The Bertz CT molecular complexity index is 1050. The van der Waals surface area contributed by atoms with Gasteiger partial charge in [0.1, 0.15) is 19.0 Å². The zero-order chi connectivity index (χ0) is 26.5. The number of halogens is 3. The van der Waals surface area contributed by atoms with E-state index in [9.17, 15) is 14.4 Å². The van der Waals surface area contributed by atoms with Crippen molar-refractivity contribution in [2.45, 2.75) is 43.5 Å². The summed E-state index contributed by atoms with van der Waals surface area (Å²) in [6, 6.07) is 0. The first-order chi connectivity index (χ1) is 17.0. The summed E-state index contributed by atoms with van der Waals surface area (Å²) in [4.78, 5) is 39.4. The molecule has 0 atom stereocenters. The number of hydrogen-bond acceptors (Lipinski definition) is 8. The average molecular weight is 580 g/mol. The van der Waals surface area contributed by atoms with Crippen molar-refractivity contribution in [3.8, 4) is 5.75 Å². The number of fused-ring (bicyclic) bond motifs is 1. The molecule has 8 nitrogen and oxygen atoms in total. The van der Waals surface area contributed by atoms with E-state index in [1.807, 2.05) is 31.7 Å². The summed E-state index contributed by atoms with van der Waals surface area (Å²) < 4.78 is 14.0. The van der Waals surface area contributed by atoms with Crippen molar-refractivity contribution in [2.24, 2.45) is 0 Å². The Kier molecular flexibility index (Phi) is 10.2. The Labute approximate surface area is 229 Å². The van der Waals surface area contributed by atoms with Crippen LogP contribution in [0.15, 0.2) is 11.6 Å². The summed E-state index contributed by atoms with van der Waals surface area (Å²) in [6.45, 7) is 5.93. The molecule has 0 spiro atoms. The van der Waals surface area contributed by atoms with Crippen molar-refractivity contribution < 1.29 is 28.6 Å². The number of ether oxygens (including phenoxy) is 3. The normalized spacial score (nSPS) is 16.1. The lowest BCUT2D eigenvalue weighted by Crippen LogP contribution is -2.28. The maximum Gasteiger partial charge on any atom is 0.341 e. The SMILES string of the molecule is COc1c(C)c2c(c(NC(=O)C(Cl)(Cl)Cl)c1C/C=C(\C)CCC(=O)OCCN1CCSC1)C(=O)OC2. The molecule has 3 rings (SSSR count). The number of cyclic esters (lactones) is 1. The molecule has 198 valence electrons. The molecule has 2 aliphatic heterocycles. The van der Waals surface area contributed by atoms with Gasteiger partial charge in [-0.2, -0.15) is 0 Å². The highest BCUT2D eigenvalue weighted by atomic mass is 35.6. The van der Waals surface area contributed by atoms with E-state index in [-0.39, 0.29) is 30.2 Å². The van der Waals surface area contributed by atoms with Gasteiger partial charge in [-0.3, -0.25) is 14.5 Å². The van der Waals surface area contributed by atoms with Crippen molar-refractivity contribution in [3.63, 3.8) is 0 Å². The van der Waals surface area contributed by atoms with Crippen molar-refractivity contribution in [3.05, 3.63) is 33.9 Å². The van der Waals surface area contributed by atoms with Gasteiger partial charge >= 0.3 is 11.9 Å². The minimum absolute atomic E-state index is 0.0564. The molecule has 0 bridgehead atoms.